The second kappa shape index (κ2) is 4.67. The van der Waals surface area contributed by atoms with Crippen molar-refractivity contribution in [2.75, 3.05) is 0 Å². The van der Waals surface area contributed by atoms with E-state index in [0.29, 0.717) is 0 Å². The number of para-hydroxylation sites is 2. The lowest BCUT2D eigenvalue weighted by Crippen LogP contribution is -2.01. The molecule has 0 bridgehead atoms. The maximum atomic E-state index is 13.1. The van der Waals surface area contributed by atoms with E-state index in [1.54, 1.807) is 12.1 Å². The summed E-state index contributed by atoms with van der Waals surface area (Å²) in [5.74, 6) is 0.503. The Bertz CT molecular complexity index is 717. The SMILES string of the molecule is CC(Cl)c1nc2ccccc2n1-c1ccc(F)cc1. The van der Waals surface area contributed by atoms with E-state index in [1.807, 2.05) is 35.8 Å². The minimum Gasteiger partial charge on any atom is -0.295 e. The lowest BCUT2D eigenvalue weighted by Gasteiger charge is -2.10. The number of hydrogen-bond donors (Lipinski definition) is 0. The van der Waals surface area contributed by atoms with Gasteiger partial charge in [-0.05, 0) is 43.3 Å². The Morgan fingerprint density at radius 1 is 1.11 bits per heavy atom. The molecule has 3 aromatic rings. The van der Waals surface area contributed by atoms with Gasteiger partial charge in [0.15, 0.2) is 0 Å². The molecule has 0 saturated carbocycles. The van der Waals surface area contributed by atoms with Crippen LogP contribution in [0.1, 0.15) is 18.1 Å². The van der Waals surface area contributed by atoms with E-state index in [-0.39, 0.29) is 11.2 Å². The van der Waals surface area contributed by atoms with Gasteiger partial charge in [-0.25, -0.2) is 9.37 Å². The van der Waals surface area contributed by atoms with Crippen molar-refractivity contribution in [1.29, 1.82) is 0 Å². The molecule has 3 rings (SSSR count). The van der Waals surface area contributed by atoms with Gasteiger partial charge in [-0.3, -0.25) is 4.57 Å². The fourth-order valence-electron chi connectivity index (χ4n) is 2.17. The summed E-state index contributed by atoms with van der Waals surface area (Å²) in [5, 5.41) is -0.225. The zero-order valence-electron chi connectivity index (χ0n) is 10.3. The molecule has 0 saturated heterocycles. The Hall–Kier alpha value is -1.87. The molecule has 1 aromatic heterocycles. The highest BCUT2D eigenvalue weighted by molar-refractivity contribution is 6.20. The van der Waals surface area contributed by atoms with Crippen LogP contribution >= 0.6 is 11.6 Å². The number of halogens is 2. The highest BCUT2D eigenvalue weighted by Crippen LogP contribution is 2.27. The molecule has 0 aliphatic carbocycles. The van der Waals surface area contributed by atoms with Gasteiger partial charge < -0.3 is 0 Å². The summed E-state index contributed by atoms with van der Waals surface area (Å²) in [6, 6.07) is 14.1. The van der Waals surface area contributed by atoms with Crippen LogP contribution in [0.25, 0.3) is 16.7 Å². The summed E-state index contributed by atoms with van der Waals surface area (Å²) < 4.78 is 15.0. The second-order valence-electron chi connectivity index (χ2n) is 4.39. The minimum atomic E-state index is -0.256. The molecule has 4 heteroatoms. The van der Waals surface area contributed by atoms with E-state index in [1.165, 1.54) is 12.1 Å². The van der Waals surface area contributed by atoms with Crippen LogP contribution in [-0.4, -0.2) is 9.55 Å². The quantitative estimate of drug-likeness (QED) is 0.631. The van der Waals surface area contributed by atoms with Crippen molar-refractivity contribution in [1.82, 2.24) is 9.55 Å². The van der Waals surface area contributed by atoms with Gasteiger partial charge in [0.1, 0.15) is 11.6 Å². The van der Waals surface area contributed by atoms with Gasteiger partial charge in [0.2, 0.25) is 0 Å². The van der Waals surface area contributed by atoms with E-state index >= 15 is 0 Å². The first-order chi connectivity index (χ1) is 9.16. The molecule has 2 aromatic carbocycles. The molecule has 0 radical (unpaired) electrons. The van der Waals surface area contributed by atoms with Crippen molar-refractivity contribution in [2.24, 2.45) is 0 Å². The number of hydrogen-bond acceptors (Lipinski definition) is 1. The molecule has 0 aliphatic heterocycles. The van der Waals surface area contributed by atoms with Crippen LogP contribution in [0.4, 0.5) is 4.39 Å². The first-order valence-electron chi connectivity index (χ1n) is 6.04. The minimum absolute atomic E-state index is 0.225. The summed E-state index contributed by atoms with van der Waals surface area (Å²) in [4.78, 5) is 4.55. The van der Waals surface area contributed by atoms with Crippen LogP contribution in [0.2, 0.25) is 0 Å². The monoisotopic (exact) mass is 274 g/mol. The van der Waals surface area contributed by atoms with Gasteiger partial charge in [-0.15, -0.1) is 11.6 Å². The molecule has 0 aliphatic rings. The van der Waals surface area contributed by atoms with E-state index < -0.39 is 0 Å². The second-order valence-corrected chi connectivity index (χ2v) is 5.04. The third-order valence-corrected chi connectivity index (χ3v) is 3.22. The Morgan fingerprint density at radius 3 is 2.47 bits per heavy atom. The third kappa shape index (κ3) is 2.10. The van der Waals surface area contributed by atoms with Crippen molar-refractivity contribution < 1.29 is 4.39 Å². The van der Waals surface area contributed by atoms with Crippen molar-refractivity contribution in [3.8, 4) is 5.69 Å². The number of aromatic nitrogens is 2. The average Bonchev–Trinajstić information content (AvgIpc) is 2.79. The highest BCUT2D eigenvalue weighted by atomic mass is 35.5. The van der Waals surface area contributed by atoms with E-state index in [4.69, 9.17) is 11.6 Å². The number of rotatable bonds is 2. The maximum Gasteiger partial charge on any atom is 0.132 e. The number of imidazole rings is 1. The van der Waals surface area contributed by atoms with E-state index in [9.17, 15) is 4.39 Å². The molecule has 19 heavy (non-hydrogen) atoms. The fraction of sp³-hybridized carbons (Fsp3) is 0.133. The summed E-state index contributed by atoms with van der Waals surface area (Å²) in [7, 11) is 0. The molecule has 0 N–H and O–H groups in total. The Kier molecular flexibility index (Phi) is 2.99. The smallest absolute Gasteiger partial charge is 0.132 e. The molecule has 1 atom stereocenters. The predicted octanol–water partition coefficient (Wildman–Crippen LogP) is 4.46. The molecule has 0 amide bonds. The van der Waals surface area contributed by atoms with Gasteiger partial charge in [-0.2, -0.15) is 0 Å². The maximum absolute atomic E-state index is 13.1. The molecule has 96 valence electrons. The Morgan fingerprint density at radius 2 is 1.79 bits per heavy atom. The fourth-order valence-corrected chi connectivity index (χ4v) is 2.32. The Balaban J connectivity index is 2.31. The van der Waals surface area contributed by atoms with Crippen molar-refractivity contribution in [3.63, 3.8) is 0 Å². The average molecular weight is 275 g/mol. The molecule has 0 spiro atoms. The molecular weight excluding hydrogens is 263 g/mol. The topological polar surface area (TPSA) is 17.8 Å². The normalized spacial score (nSPS) is 12.8. The third-order valence-electron chi connectivity index (χ3n) is 3.03. The van der Waals surface area contributed by atoms with E-state index in [0.717, 1.165) is 22.5 Å². The molecule has 0 fully saturated rings. The zero-order chi connectivity index (χ0) is 13.4. The predicted molar refractivity (Wildman–Crippen MR) is 75.3 cm³/mol. The van der Waals surface area contributed by atoms with E-state index in [2.05, 4.69) is 4.98 Å². The summed E-state index contributed by atoms with van der Waals surface area (Å²) in [6.45, 7) is 1.88. The molecule has 2 nitrogen and oxygen atoms in total. The van der Waals surface area contributed by atoms with Gasteiger partial charge in [-0.1, -0.05) is 12.1 Å². The summed E-state index contributed by atoms with van der Waals surface area (Å²) in [6.07, 6.45) is 0. The van der Waals surface area contributed by atoms with Gasteiger partial charge in [0.05, 0.1) is 16.4 Å². The van der Waals surface area contributed by atoms with Crippen molar-refractivity contribution >= 4 is 22.6 Å². The number of alkyl halides is 1. The number of benzene rings is 2. The standard InChI is InChI=1S/C15H12ClFN2/c1-10(16)15-18-13-4-2-3-5-14(13)19(15)12-8-6-11(17)7-9-12/h2-10H,1H3. The first kappa shape index (κ1) is 12.2. The largest absolute Gasteiger partial charge is 0.295 e. The van der Waals surface area contributed by atoms with Crippen LogP contribution in [0, 0.1) is 5.82 Å². The van der Waals surface area contributed by atoms with Crippen molar-refractivity contribution in [3.05, 3.63) is 60.2 Å². The number of fused-ring (bicyclic) bond motifs is 1. The highest BCUT2D eigenvalue weighted by Gasteiger charge is 2.15. The molecule has 1 heterocycles. The first-order valence-corrected chi connectivity index (χ1v) is 6.48. The number of nitrogens with zero attached hydrogens (tertiary/aromatic N) is 2. The lowest BCUT2D eigenvalue weighted by atomic mass is 10.2. The van der Waals surface area contributed by atoms with Crippen LogP contribution in [0.3, 0.4) is 0 Å². The molecular formula is C15H12ClFN2. The lowest BCUT2D eigenvalue weighted by molar-refractivity contribution is 0.627. The van der Waals surface area contributed by atoms with Crippen LogP contribution < -0.4 is 0 Å². The van der Waals surface area contributed by atoms with Crippen molar-refractivity contribution in [2.45, 2.75) is 12.3 Å². The van der Waals surface area contributed by atoms with Gasteiger partial charge in [0.25, 0.3) is 0 Å². The molecule has 1 unspecified atom stereocenters. The van der Waals surface area contributed by atoms with Gasteiger partial charge in [0, 0.05) is 5.69 Å². The summed E-state index contributed by atoms with van der Waals surface area (Å²) >= 11 is 6.20. The van der Waals surface area contributed by atoms with Crippen LogP contribution in [0.5, 0.6) is 0 Å². The van der Waals surface area contributed by atoms with Crippen LogP contribution in [-0.2, 0) is 0 Å². The zero-order valence-corrected chi connectivity index (χ0v) is 11.1. The van der Waals surface area contributed by atoms with Gasteiger partial charge >= 0.3 is 0 Å². The Labute approximate surface area is 115 Å². The van der Waals surface area contributed by atoms with Crippen LogP contribution in [0.15, 0.2) is 48.5 Å². The summed E-state index contributed by atoms with van der Waals surface area (Å²) in [5.41, 5.74) is 2.71.